The van der Waals surface area contributed by atoms with Crippen molar-refractivity contribution in [3.8, 4) is 6.07 Å². The molecule has 0 fully saturated rings. The van der Waals surface area contributed by atoms with Crippen LogP contribution in [0.1, 0.15) is 18.1 Å². The number of nitrogens with one attached hydrogen (secondary N) is 1. The highest BCUT2D eigenvalue weighted by atomic mass is 19.1. The topological polar surface area (TPSA) is 48.7 Å². The second-order valence-corrected chi connectivity index (χ2v) is 3.81. The van der Waals surface area contributed by atoms with Crippen LogP contribution in [0.2, 0.25) is 0 Å². The molecule has 2 rings (SSSR count). The highest BCUT2D eigenvalue weighted by Gasteiger charge is 2.11. The molecule has 1 N–H and O–H groups in total. The predicted molar refractivity (Wildman–Crippen MR) is 65.3 cm³/mol. The van der Waals surface area contributed by atoms with Crippen LogP contribution in [0.3, 0.4) is 0 Å². The zero-order chi connectivity index (χ0) is 12.4. The number of anilines is 1. The molecule has 0 atom stereocenters. The summed E-state index contributed by atoms with van der Waals surface area (Å²) >= 11 is 0. The summed E-state index contributed by atoms with van der Waals surface area (Å²) in [5.41, 5.74) is 2.56. The van der Waals surface area contributed by atoms with Gasteiger partial charge >= 0.3 is 0 Å². The van der Waals surface area contributed by atoms with Crippen molar-refractivity contribution < 1.29 is 4.39 Å². The first-order valence-corrected chi connectivity index (χ1v) is 5.40. The maximum Gasteiger partial charge on any atom is 0.125 e. The number of benzene rings is 1. The van der Waals surface area contributed by atoms with Gasteiger partial charge in [0.25, 0.3) is 0 Å². The van der Waals surface area contributed by atoms with Crippen LogP contribution in [-0.2, 0) is 0 Å². The lowest BCUT2D eigenvalue weighted by molar-refractivity contribution is 0.628. The van der Waals surface area contributed by atoms with Crippen LogP contribution in [0, 0.1) is 24.1 Å². The van der Waals surface area contributed by atoms with Crippen LogP contribution < -0.4 is 5.32 Å². The van der Waals surface area contributed by atoms with Crippen molar-refractivity contribution in [1.82, 2.24) is 4.98 Å². The number of aryl methyl sites for hydroxylation is 1. The zero-order valence-corrected chi connectivity index (χ0v) is 9.71. The van der Waals surface area contributed by atoms with Crippen molar-refractivity contribution in [3.05, 3.63) is 35.3 Å². The summed E-state index contributed by atoms with van der Waals surface area (Å²) in [5, 5.41) is 13.0. The van der Waals surface area contributed by atoms with E-state index in [1.807, 2.05) is 13.8 Å². The third-order valence-electron chi connectivity index (χ3n) is 2.61. The quantitative estimate of drug-likeness (QED) is 0.861. The SMILES string of the molecule is CCNc1c(C#N)cnc2cc(F)cc(C)c12. The van der Waals surface area contributed by atoms with Crippen molar-refractivity contribution in [1.29, 1.82) is 5.26 Å². The summed E-state index contributed by atoms with van der Waals surface area (Å²) in [6, 6.07) is 4.93. The summed E-state index contributed by atoms with van der Waals surface area (Å²) in [6.07, 6.45) is 1.47. The number of hydrogen-bond acceptors (Lipinski definition) is 3. The Morgan fingerprint density at radius 3 is 2.88 bits per heavy atom. The number of rotatable bonds is 2. The minimum absolute atomic E-state index is 0.311. The molecule has 0 unspecified atom stereocenters. The molecule has 0 radical (unpaired) electrons. The molecule has 4 heteroatoms. The van der Waals surface area contributed by atoms with E-state index in [0.717, 1.165) is 16.6 Å². The fourth-order valence-corrected chi connectivity index (χ4v) is 1.93. The van der Waals surface area contributed by atoms with Crippen LogP contribution in [-0.4, -0.2) is 11.5 Å². The Hall–Kier alpha value is -2.15. The molecular formula is C13H12FN3. The van der Waals surface area contributed by atoms with Gasteiger partial charge in [0.1, 0.15) is 11.9 Å². The van der Waals surface area contributed by atoms with Crippen LogP contribution in [0.4, 0.5) is 10.1 Å². The molecule has 0 aliphatic rings. The number of nitriles is 1. The number of fused-ring (bicyclic) bond motifs is 1. The van der Waals surface area contributed by atoms with Crippen LogP contribution >= 0.6 is 0 Å². The number of halogens is 1. The lowest BCUT2D eigenvalue weighted by atomic mass is 10.0. The molecule has 0 bridgehead atoms. The predicted octanol–water partition coefficient (Wildman–Crippen LogP) is 2.99. The minimum Gasteiger partial charge on any atom is -0.384 e. The maximum absolute atomic E-state index is 13.3. The zero-order valence-electron chi connectivity index (χ0n) is 9.71. The minimum atomic E-state index is -0.311. The average Bonchev–Trinajstić information content (AvgIpc) is 2.29. The van der Waals surface area contributed by atoms with Gasteiger partial charge in [-0.1, -0.05) is 0 Å². The molecule has 1 aromatic carbocycles. The molecule has 86 valence electrons. The van der Waals surface area contributed by atoms with Gasteiger partial charge in [-0.2, -0.15) is 5.26 Å². The Bertz CT molecular complexity index is 614. The molecule has 0 spiro atoms. The molecule has 0 amide bonds. The number of pyridine rings is 1. The summed E-state index contributed by atoms with van der Waals surface area (Å²) in [6.45, 7) is 4.46. The summed E-state index contributed by atoms with van der Waals surface area (Å²) in [5.74, 6) is -0.311. The van der Waals surface area contributed by atoms with E-state index in [4.69, 9.17) is 5.26 Å². The highest BCUT2D eigenvalue weighted by molar-refractivity contribution is 5.96. The van der Waals surface area contributed by atoms with Crippen molar-refractivity contribution in [2.24, 2.45) is 0 Å². The van der Waals surface area contributed by atoms with E-state index in [-0.39, 0.29) is 5.82 Å². The molecular weight excluding hydrogens is 217 g/mol. The van der Waals surface area contributed by atoms with Gasteiger partial charge in [0, 0.05) is 24.2 Å². The molecule has 0 aliphatic carbocycles. The normalized spacial score (nSPS) is 10.2. The molecule has 0 saturated carbocycles. The van der Waals surface area contributed by atoms with E-state index < -0.39 is 0 Å². The molecule has 0 saturated heterocycles. The average molecular weight is 229 g/mol. The molecule has 3 nitrogen and oxygen atoms in total. The molecule has 1 heterocycles. The van der Waals surface area contributed by atoms with Gasteiger partial charge in [0.15, 0.2) is 0 Å². The van der Waals surface area contributed by atoms with Gasteiger partial charge in [-0.3, -0.25) is 4.98 Å². The maximum atomic E-state index is 13.3. The van der Waals surface area contributed by atoms with Gasteiger partial charge in [-0.05, 0) is 25.5 Å². The number of hydrogen-bond donors (Lipinski definition) is 1. The molecule has 17 heavy (non-hydrogen) atoms. The lowest BCUT2D eigenvalue weighted by Gasteiger charge is -2.11. The van der Waals surface area contributed by atoms with E-state index in [0.29, 0.717) is 17.6 Å². The van der Waals surface area contributed by atoms with Gasteiger partial charge in [-0.15, -0.1) is 0 Å². The second-order valence-electron chi connectivity index (χ2n) is 3.81. The van der Waals surface area contributed by atoms with Crippen molar-refractivity contribution in [2.45, 2.75) is 13.8 Å². The van der Waals surface area contributed by atoms with E-state index in [9.17, 15) is 4.39 Å². The fourth-order valence-electron chi connectivity index (χ4n) is 1.93. The smallest absolute Gasteiger partial charge is 0.125 e. The Balaban J connectivity index is 2.85. The van der Waals surface area contributed by atoms with Gasteiger partial charge in [-0.25, -0.2) is 4.39 Å². The van der Waals surface area contributed by atoms with Crippen molar-refractivity contribution in [2.75, 3.05) is 11.9 Å². The third kappa shape index (κ3) is 1.92. The first-order chi connectivity index (χ1) is 8.17. The standard InChI is InChI=1S/C13H12FN3/c1-3-16-13-9(6-15)7-17-11-5-10(14)4-8(2)12(11)13/h4-5,7H,3H2,1-2H3,(H,16,17). The number of aromatic nitrogens is 1. The molecule has 2 aromatic rings. The van der Waals surface area contributed by atoms with Gasteiger partial charge in [0.05, 0.1) is 16.8 Å². The first-order valence-electron chi connectivity index (χ1n) is 5.40. The van der Waals surface area contributed by atoms with Gasteiger partial charge < -0.3 is 5.32 Å². The monoisotopic (exact) mass is 229 g/mol. The Labute approximate surface area is 98.9 Å². The summed E-state index contributed by atoms with van der Waals surface area (Å²) in [4.78, 5) is 4.11. The summed E-state index contributed by atoms with van der Waals surface area (Å²) < 4.78 is 13.3. The molecule has 0 aliphatic heterocycles. The number of nitrogens with zero attached hydrogens (tertiary/aromatic N) is 2. The highest BCUT2D eigenvalue weighted by Crippen LogP contribution is 2.29. The van der Waals surface area contributed by atoms with Crippen molar-refractivity contribution >= 4 is 16.6 Å². The third-order valence-corrected chi connectivity index (χ3v) is 2.61. The van der Waals surface area contributed by atoms with E-state index >= 15 is 0 Å². The van der Waals surface area contributed by atoms with E-state index in [1.54, 1.807) is 0 Å². The second kappa shape index (κ2) is 4.38. The Morgan fingerprint density at radius 2 is 2.24 bits per heavy atom. The Kier molecular flexibility index (Phi) is 2.92. The molecule has 1 aromatic heterocycles. The first kappa shape index (κ1) is 11.3. The van der Waals surface area contributed by atoms with E-state index in [2.05, 4.69) is 16.4 Å². The lowest BCUT2D eigenvalue weighted by Crippen LogP contribution is -2.02. The van der Waals surface area contributed by atoms with E-state index in [1.165, 1.54) is 18.3 Å². The largest absolute Gasteiger partial charge is 0.384 e. The van der Waals surface area contributed by atoms with Gasteiger partial charge in [0.2, 0.25) is 0 Å². The Morgan fingerprint density at radius 1 is 1.47 bits per heavy atom. The summed E-state index contributed by atoms with van der Waals surface area (Å²) in [7, 11) is 0. The van der Waals surface area contributed by atoms with Crippen LogP contribution in [0.15, 0.2) is 18.3 Å². The van der Waals surface area contributed by atoms with Crippen molar-refractivity contribution in [3.63, 3.8) is 0 Å². The van der Waals surface area contributed by atoms with Crippen LogP contribution in [0.25, 0.3) is 10.9 Å². The van der Waals surface area contributed by atoms with Crippen LogP contribution in [0.5, 0.6) is 0 Å². The fraction of sp³-hybridized carbons (Fsp3) is 0.231.